The number of benzene rings is 2. The van der Waals surface area contributed by atoms with E-state index in [9.17, 15) is 5.26 Å². The Morgan fingerprint density at radius 2 is 1.87 bits per heavy atom. The van der Waals surface area contributed by atoms with Gasteiger partial charge in [-0.2, -0.15) is 5.26 Å². The molecule has 0 fully saturated rings. The van der Waals surface area contributed by atoms with E-state index in [0.717, 1.165) is 17.0 Å². The summed E-state index contributed by atoms with van der Waals surface area (Å²) in [7, 11) is 1.63. The van der Waals surface area contributed by atoms with Crippen molar-refractivity contribution in [2.45, 2.75) is 25.9 Å². The van der Waals surface area contributed by atoms with Gasteiger partial charge in [0.25, 0.3) is 0 Å². The molecule has 0 spiro atoms. The summed E-state index contributed by atoms with van der Waals surface area (Å²) >= 11 is 0. The zero-order chi connectivity index (χ0) is 16.7. The first-order chi connectivity index (χ1) is 11.1. The van der Waals surface area contributed by atoms with Crippen molar-refractivity contribution in [1.82, 2.24) is 0 Å². The molecule has 1 unspecified atom stereocenters. The molecule has 2 rings (SSSR count). The maximum atomic E-state index is 9.30. The fraction of sp³-hybridized carbons (Fsp3) is 0.263. The van der Waals surface area contributed by atoms with Crippen molar-refractivity contribution in [1.29, 1.82) is 5.26 Å². The van der Waals surface area contributed by atoms with Gasteiger partial charge in [0.1, 0.15) is 17.6 Å². The number of rotatable bonds is 6. The highest BCUT2D eigenvalue weighted by Crippen LogP contribution is 2.30. The van der Waals surface area contributed by atoms with E-state index in [1.54, 1.807) is 7.11 Å². The Bertz CT molecular complexity index is 703. The molecule has 0 radical (unpaired) electrons. The zero-order valence-corrected chi connectivity index (χ0v) is 13.6. The Balaban J connectivity index is 2.19. The Hall–Kier alpha value is -2.80. The summed E-state index contributed by atoms with van der Waals surface area (Å²) in [4.78, 5) is 4.28. The van der Waals surface area contributed by atoms with Crippen LogP contribution in [0.15, 0.2) is 53.5 Å². The first-order valence-corrected chi connectivity index (χ1v) is 7.47. The van der Waals surface area contributed by atoms with E-state index in [0.29, 0.717) is 5.75 Å². The molecular formula is C19H20N2O2. The van der Waals surface area contributed by atoms with Gasteiger partial charge in [0.2, 0.25) is 6.10 Å². The van der Waals surface area contributed by atoms with Crippen molar-refractivity contribution in [3.63, 3.8) is 0 Å². The molecule has 0 aliphatic carbocycles. The van der Waals surface area contributed by atoms with Gasteiger partial charge in [-0.3, -0.25) is 4.99 Å². The van der Waals surface area contributed by atoms with Gasteiger partial charge in [-0.25, -0.2) is 0 Å². The summed E-state index contributed by atoms with van der Waals surface area (Å²) in [5.74, 6) is 1.70. The van der Waals surface area contributed by atoms with E-state index in [2.05, 4.69) is 24.9 Å². The Kier molecular flexibility index (Phi) is 5.76. The van der Waals surface area contributed by atoms with E-state index in [4.69, 9.17) is 9.47 Å². The lowest BCUT2D eigenvalue weighted by molar-refractivity contribution is 0.317. The van der Waals surface area contributed by atoms with Gasteiger partial charge >= 0.3 is 0 Å². The van der Waals surface area contributed by atoms with Crippen LogP contribution in [0.3, 0.4) is 0 Å². The second kappa shape index (κ2) is 8.00. The second-order valence-electron chi connectivity index (χ2n) is 5.34. The molecule has 0 bridgehead atoms. The van der Waals surface area contributed by atoms with Crippen LogP contribution in [-0.4, -0.2) is 19.4 Å². The van der Waals surface area contributed by atoms with E-state index >= 15 is 0 Å². The van der Waals surface area contributed by atoms with Crippen LogP contribution in [0, 0.1) is 11.3 Å². The van der Waals surface area contributed by atoms with Crippen molar-refractivity contribution in [3.8, 4) is 17.6 Å². The second-order valence-corrected chi connectivity index (χ2v) is 5.34. The maximum Gasteiger partial charge on any atom is 0.219 e. The van der Waals surface area contributed by atoms with Crippen LogP contribution in [0.5, 0.6) is 11.5 Å². The van der Waals surface area contributed by atoms with Crippen molar-refractivity contribution >= 4 is 11.9 Å². The van der Waals surface area contributed by atoms with Crippen LogP contribution >= 0.6 is 0 Å². The van der Waals surface area contributed by atoms with E-state index in [1.807, 2.05) is 48.5 Å². The lowest BCUT2D eigenvalue weighted by atomic mass is 10.0. The van der Waals surface area contributed by atoms with E-state index < -0.39 is 6.10 Å². The standard InChI is InChI=1S/C19H20N2O2/c1-14(2)18-11-16(22-3)9-10-19(18)23-17(12-20)13-21-15-7-5-4-6-8-15/h4-11,13-14,17H,1-3H3. The summed E-state index contributed by atoms with van der Waals surface area (Å²) in [5, 5.41) is 9.30. The number of nitrogens with zero attached hydrogens (tertiary/aromatic N) is 2. The van der Waals surface area contributed by atoms with Crippen LogP contribution < -0.4 is 9.47 Å². The number of aliphatic imine (C=N–C) groups is 1. The number of nitriles is 1. The smallest absolute Gasteiger partial charge is 0.219 e. The molecule has 23 heavy (non-hydrogen) atoms. The summed E-state index contributed by atoms with van der Waals surface area (Å²) < 4.78 is 11.1. The van der Waals surface area contributed by atoms with Gasteiger partial charge in [-0.05, 0) is 36.2 Å². The van der Waals surface area contributed by atoms with Gasteiger partial charge in [0.05, 0.1) is 19.0 Å². The molecular weight excluding hydrogens is 288 g/mol. The SMILES string of the molecule is COc1ccc(OC(C#N)C=Nc2ccccc2)c(C(C)C)c1. The highest BCUT2D eigenvalue weighted by Gasteiger charge is 2.13. The molecule has 0 saturated carbocycles. The highest BCUT2D eigenvalue weighted by molar-refractivity contribution is 5.71. The van der Waals surface area contributed by atoms with Gasteiger partial charge < -0.3 is 9.47 Å². The third-order valence-electron chi connectivity index (χ3n) is 3.34. The Morgan fingerprint density at radius 1 is 1.13 bits per heavy atom. The fourth-order valence-electron chi connectivity index (χ4n) is 2.11. The highest BCUT2D eigenvalue weighted by atomic mass is 16.5. The molecule has 4 nitrogen and oxygen atoms in total. The monoisotopic (exact) mass is 308 g/mol. The van der Waals surface area contributed by atoms with Crippen LogP contribution in [-0.2, 0) is 0 Å². The molecule has 0 aliphatic rings. The predicted octanol–water partition coefficient (Wildman–Crippen LogP) is 4.49. The lowest BCUT2D eigenvalue weighted by Gasteiger charge is -2.16. The largest absolute Gasteiger partial charge is 0.497 e. The minimum atomic E-state index is -0.749. The minimum absolute atomic E-state index is 0.255. The zero-order valence-electron chi connectivity index (χ0n) is 13.6. The van der Waals surface area contributed by atoms with Crippen LogP contribution in [0.25, 0.3) is 0 Å². The molecule has 0 aliphatic heterocycles. The van der Waals surface area contributed by atoms with Crippen LogP contribution in [0.2, 0.25) is 0 Å². The molecule has 1 atom stereocenters. The van der Waals surface area contributed by atoms with Crippen LogP contribution in [0.1, 0.15) is 25.3 Å². The van der Waals surface area contributed by atoms with E-state index in [1.165, 1.54) is 6.21 Å². The lowest BCUT2D eigenvalue weighted by Crippen LogP contribution is -2.16. The van der Waals surface area contributed by atoms with Crippen molar-refractivity contribution in [2.75, 3.05) is 7.11 Å². The van der Waals surface area contributed by atoms with E-state index in [-0.39, 0.29) is 5.92 Å². The first kappa shape index (κ1) is 16.6. The van der Waals surface area contributed by atoms with Gasteiger partial charge in [-0.15, -0.1) is 0 Å². The molecule has 0 heterocycles. The quantitative estimate of drug-likeness (QED) is 0.739. The number of hydrogen-bond donors (Lipinski definition) is 0. The summed E-state index contributed by atoms with van der Waals surface area (Å²) in [6.45, 7) is 4.14. The van der Waals surface area contributed by atoms with Gasteiger partial charge in [0.15, 0.2) is 0 Å². The Morgan fingerprint density at radius 3 is 2.48 bits per heavy atom. The molecule has 0 saturated heterocycles. The molecule has 0 N–H and O–H groups in total. The first-order valence-electron chi connectivity index (χ1n) is 7.47. The van der Waals surface area contributed by atoms with Crippen molar-refractivity contribution in [3.05, 3.63) is 54.1 Å². The molecule has 2 aromatic carbocycles. The fourth-order valence-corrected chi connectivity index (χ4v) is 2.11. The molecule has 0 aromatic heterocycles. The van der Waals surface area contributed by atoms with Gasteiger partial charge in [0, 0.05) is 5.56 Å². The summed E-state index contributed by atoms with van der Waals surface area (Å²) in [6, 6.07) is 17.2. The molecule has 0 amide bonds. The molecule has 118 valence electrons. The normalized spacial score (nSPS) is 12.1. The molecule has 4 heteroatoms. The Labute approximate surface area is 137 Å². The predicted molar refractivity (Wildman–Crippen MR) is 91.7 cm³/mol. The number of hydrogen-bond acceptors (Lipinski definition) is 4. The number of ether oxygens (including phenoxy) is 2. The van der Waals surface area contributed by atoms with Crippen molar-refractivity contribution in [2.24, 2.45) is 4.99 Å². The van der Waals surface area contributed by atoms with Crippen molar-refractivity contribution < 1.29 is 9.47 Å². The average molecular weight is 308 g/mol. The van der Waals surface area contributed by atoms with Crippen LogP contribution in [0.4, 0.5) is 5.69 Å². The third kappa shape index (κ3) is 4.58. The summed E-state index contributed by atoms with van der Waals surface area (Å²) in [5.41, 5.74) is 1.79. The minimum Gasteiger partial charge on any atom is -0.497 e. The molecule has 2 aromatic rings. The summed E-state index contributed by atoms with van der Waals surface area (Å²) in [6.07, 6.45) is 0.769. The number of para-hydroxylation sites is 1. The number of methoxy groups -OCH3 is 1. The average Bonchev–Trinajstić information content (AvgIpc) is 2.59. The third-order valence-corrected chi connectivity index (χ3v) is 3.34. The maximum absolute atomic E-state index is 9.30. The van der Waals surface area contributed by atoms with Gasteiger partial charge in [-0.1, -0.05) is 32.0 Å². The topological polar surface area (TPSA) is 54.6 Å².